The quantitative estimate of drug-likeness (QED) is 0.859. The molecule has 2 rings (SSSR count). The van der Waals surface area contributed by atoms with Crippen LogP contribution >= 0.6 is 0 Å². The third-order valence-corrected chi connectivity index (χ3v) is 3.53. The highest BCUT2D eigenvalue weighted by atomic mass is 16.2. The molecule has 0 radical (unpaired) electrons. The van der Waals surface area contributed by atoms with E-state index in [1.54, 1.807) is 0 Å². The van der Waals surface area contributed by atoms with E-state index in [2.05, 4.69) is 4.98 Å². The average molecular weight is 316 g/mol. The third kappa shape index (κ3) is 3.50. The number of H-pyrrole nitrogens is 1. The van der Waals surface area contributed by atoms with E-state index >= 15 is 0 Å². The molecule has 3 N–H and O–H groups in total. The maximum Gasteiger partial charge on any atom is 0.329 e. The highest BCUT2D eigenvalue weighted by Crippen LogP contribution is 2.19. The molecule has 0 spiro atoms. The molecular weight excluding hydrogens is 296 g/mol. The van der Waals surface area contributed by atoms with Gasteiger partial charge in [-0.15, -0.1) is 0 Å². The zero-order chi connectivity index (χ0) is 17.0. The number of carbonyl (C=O) groups excluding carboxylic acids is 1. The summed E-state index contributed by atoms with van der Waals surface area (Å²) in [4.78, 5) is 40.3. The van der Waals surface area contributed by atoms with Gasteiger partial charge in [0.05, 0.1) is 6.54 Å². The predicted molar refractivity (Wildman–Crippen MR) is 89.3 cm³/mol. The van der Waals surface area contributed by atoms with Crippen LogP contribution < -0.4 is 21.9 Å². The van der Waals surface area contributed by atoms with E-state index in [1.807, 2.05) is 37.3 Å². The van der Waals surface area contributed by atoms with Gasteiger partial charge in [-0.1, -0.05) is 37.3 Å². The summed E-state index contributed by atoms with van der Waals surface area (Å²) in [5.41, 5.74) is 5.49. The monoisotopic (exact) mass is 316 g/mol. The maximum atomic E-state index is 12.5. The fourth-order valence-electron chi connectivity index (χ4n) is 2.29. The van der Waals surface area contributed by atoms with E-state index in [4.69, 9.17) is 5.73 Å². The van der Waals surface area contributed by atoms with Crippen molar-refractivity contribution in [2.24, 2.45) is 7.05 Å². The standard InChI is InChI=1S/C16H20N4O3/c1-3-7-12(21)20(10-11-8-5-4-6-9-11)13-14(17)18-16(23)19(2)15(13)22/h4-6,8-9H,3,7,10,17H2,1-2H3,(H,18,23). The number of nitrogens with zero attached hydrogens (tertiary/aromatic N) is 2. The van der Waals surface area contributed by atoms with Crippen LogP contribution in [-0.2, 0) is 18.4 Å². The Morgan fingerprint density at radius 3 is 2.52 bits per heavy atom. The molecule has 1 aromatic carbocycles. The molecule has 0 saturated heterocycles. The number of amides is 1. The first-order valence-corrected chi connectivity index (χ1v) is 7.38. The van der Waals surface area contributed by atoms with Crippen molar-refractivity contribution < 1.29 is 4.79 Å². The minimum atomic E-state index is -0.612. The average Bonchev–Trinajstić information content (AvgIpc) is 2.53. The lowest BCUT2D eigenvalue weighted by molar-refractivity contribution is -0.118. The molecule has 1 heterocycles. The van der Waals surface area contributed by atoms with Gasteiger partial charge in [-0.05, 0) is 12.0 Å². The number of carbonyl (C=O) groups is 1. The summed E-state index contributed by atoms with van der Waals surface area (Å²) in [5, 5.41) is 0. The Morgan fingerprint density at radius 2 is 1.91 bits per heavy atom. The van der Waals surface area contributed by atoms with Crippen molar-refractivity contribution in [2.75, 3.05) is 10.6 Å². The van der Waals surface area contributed by atoms with Crippen molar-refractivity contribution in [2.45, 2.75) is 26.3 Å². The summed E-state index contributed by atoms with van der Waals surface area (Å²) < 4.78 is 0.906. The van der Waals surface area contributed by atoms with Gasteiger partial charge in [-0.2, -0.15) is 0 Å². The molecule has 0 aliphatic heterocycles. The first-order chi connectivity index (χ1) is 11.0. The maximum absolute atomic E-state index is 12.5. The van der Waals surface area contributed by atoms with Gasteiger partial charge in [-0.25, -0.2) is 4.79 Å². The van der Waals surface area contributed by atoms with Crippen molar-refractivity contribution in [1.29, 1.82) is 0 Å². The van der Waals surface area contributed by atoms with Crippen LogP contribution in [0.3, 0.4) is 0 Å². The van der Waals surface area contributed by atoms with Crippen molar-refractivity contribution >= 4 is 17.4 Å². The van der Waals surface area contributed by atoms with Gasteiger partial charge in [0.2, 0.25) is 5.91 Å². The highest BCUT2D eigenvalue weighted by molar-refractivity contribution is 5.95. The number of nitrogens with two attached hydrogens (primary N) is 1. The van der Waals surface area contributed by atoms with Gasteiger partial charge in [0.15, 0.2) is 5.69 Å². The molecule has 1 amide bonds. The summed E-state index contributed by atoms with van der Waals surface area (Å²) in [5.74, 6) is -0.314. The normalized spacial score (nSPS) is 10.5. The Balaban J connectivity index is 2.54. The SMILES string of the molecule is CCCC(=O)N(Cc1ccccc1)c1c(N)[nH]c(=O)n(C)c1=O. The minimum Gasteiger partial charge on any atom is -0.383 e. The number of nitrogens with one attached hydrogen (secondary N) is 1. The molecule has 0 aliphatic rings. The van der Waals surface area contributed by atoms with Crippen molar-refractivity contribution in [3.8, 4) is 0 Å². The van der Waals surface area contributed by atoms with Gasteiger partial charge in [0.1, 0.15) is 5.82 Å². The largest absolute Gasteiger partial charge is 0.383 e. The van der Waals surface area contributed by atoms with Crippen LogP contribution in [0.1, 0.15) is 25.3 Å². The van der Waals surface area contributed by atoms with Crippen LogP contribution in [0.4, 0.5) is 11.5 Å². The molecule has 0 unspecified atom stereocenters. The molecule has 0 fully saturated rings. The number of anilines is 2. The Hall–Kier alpha value is -2.83. The second-order valence-corrected chi connectivity index (χ2v) is 5.27. The summed E-state index contributed by atoms with van der Waals surface area (Å²) in [7, 11) is 1.34. The highest BCUT2D eigenvalue weighted by Gasteiger charge is 2.23. The number of aromatic amines is 1. The third-order valence-electron chi connectivity index (χ3n) is 3.53. The Labute approximate surface area is 133 Å². The second-order valence-electron chi connectivity index (χ2n) is 5.27. The Morgan fingerprint density at radius 1 is 1.26 bits per heavy atom. The molecule has 0 saturated carbocycles. The van der Waals surface area contributed by atoms with E-state index in [1.165, 1.54) is 11.9 Å². The lowest BCUT2D eigenvalue weighted by Crippen LogP contribution is -2.41. The van der Waals surface area contributed by atoms with Gasteiger partial charge in [-0.3, -0.25) is 19.1 Å². The van der Waals surface area contributed by atoms with Crippen molar-refractivity contribution in [3.05, 3.63) is 56.7 Å². The molecule has 23 heavy (non-hydrogen) atoms. The van der Waals surface area contributed by atoms with Crippen LogP contribution in [0.2, 0.25) is 0 Å². The summed E-state index contributed by atoms with van der Waals surface area (Å²) in [6.45, 7) is 2.10. The molecule has 0 bridgehead atoms. The molecule has 7 nitrogen and oxygen atoms in total. The molecule has 0 atom stereocenters. The van der Waals surface area contributed by atoms with E-state index in [0.29, 0.717) is 6.42 Å². The van der Waals surface area contributed by atoms with Crippen LogP contribution in [-0.4, -0.2) is 15.5 Å². The lowest BCUT2D eigenvalue weighted by Gasteiger charge is -2.23. The number of aromatic nitrogens is 2. The zero-order valence-electron chi connectivity index (χ0n) is 13.2. The van der Waals surface area contributed by atoms with Gasteiger partial charge in [0, 0.05) is 13.5 Å². The van der Waals surface area contributed by atoms with Gasteiger partial charge < -0.3 is 10.6 Å². The van der Waals surface area contributed by atoms with Gasteiger partial charge in [0.25, 0.3) is 5.56 Å². The molecule has 1 aromatic heterocycles. The topological polar surface area (TPSA) is 101 Å². The smallest absolute Gasteiger partial charge is 0.329 e. The van der Waals surface area contributed by atoms with Crippen molar-refractivity contribution in [3.63, 3.8) is 0 Å². The summed E-state index contributed by atoms with van der Waals surface area (Å²) in [6, 6.07) is 9.30. The number of hydrogen-bond acceptors (Lipinski definition) is 4. The summed E-state index contributed by atoms with van der Waals surface area (Å²) >= 11 is 0. The van der Waals surface area contributed by atoms with Crippen molar-refractivity contribution in [1.82, 2.24) is 9.55 Å². The summed E-state index contributed by atoms with van der Waals surface area (Å²) in [6.07, 6.45) is 0.933. The van der Waals surface area contributed by atoms with Crippen LogP contribution in [0.15, 0.2) is 39.9 Å². The van der Waals surface area contributed by atoms with Crippen LogP contribution in [0, 0.1) is 0 Å². The van der Waals surface area contributed by atoms with Gasteiger partial charge >= 0.3 is 5.69 Å². The number of rotatable bonds is 5. The van der Waals surface area contributed by atoms with Crippen LogP contribution in [0.25, 0.3) is 0 Å². The van der Waals surface area contributed by atoms with E-state index in [-0.39, 0.29) is 30.4 Å². The molecule has 122 valence electrons. The number of hydrogen-bond donors (Lipinski definition) is 2. The first kappa shape index (κ1) is 16.5. The van der Waals surface area contributed by atoms with E-state index < -0.39 is 11.2 Å². The fourth-order valence-corrected chi connectivity index (χ4v) is 2.29. The Bertz CT molecular complexity index is 808. The molecule has 2 aromatic rings. The van der Waals surface area contributed by atoms with Crippen LogP contribution in [0.5, 0.6) is 0 Å². The minimum absolute atomic E-state index is 0.00871. The molecule has 0 aliphatic carbocycles. The van der Waals surface area contributed by atoms with E-state index in [9.17, 15) is 14.4 Å². The molecule has 7 heteroatoms. The predicted octanol–water partition coefficient (Wildman–Crippen LogP) is 0.989. The fraction of sp³-hybridized carbons (Fsp3) is 0.312. The van der Waals surface area contributed by atoms with E-state index in [0.717, 1.165) is 10.1 Å². The first-order valence-electron chi connectivity index (χ1n) is 7.38. The number of nitrogen functional groups attached to an aromatic ring is 1. The molecular formula is C16H20N4O3. The lowest BCUT2D eigenvalue weighted by atomic mass is 10.2. The second kappa shape index (κ2) is 6.95. The number of benzene rings is 1. The Kier molecular flexibility index (Phi) is 5.00. The zero-order valence-corrected chi connectivity index (χ0v) is 13.2.